The first-order valence-electron chi connectivity index (χ1n) is 7.61. The van der Waals surface area contributed by atoms with Gasteiger partial charge in [-0.1, -0.05) is 49.3 Å². The molecule has 1 unspecified atom stereocenters. The second-order valence-corrected chi connectivity index (χ2v) is 5.26. The molecule has 0 saturated carbocycles. The van der Waals surface area contributed by atoms with E-state index in [2.05, 4.69) is 24.3 Å². The van der Waals surface area contributed by atoms with Crippen molar-refractivity contribution in [1.82, 2.24) is 10.5 Å². The summed E-state index contributed by atoms with van der Waals surface area (Å²) in [6.07, 6.45) is 0.825. The van der Waals surface area contributed by atoms with Gasteiger partial charge in [-0.25, -0.2) is 0 Å². The van der Waals surface area contributed by atoms with Crippen molar-refractivity contribution in [2.75, 3.05) is 0 Å². The Hall–Kier alpha value is -2.14. The molecule has 5 nitrogen and oxygen atoms in total. The van der Waals surface area contributed by atoms with Crippen molar-refractivity contribution in [3.8, 4) is 0 Å². The maximum absolute atomic E-state index is 11.9. The lowest BCUT2D eigenvalue weighted by Crippen LogP contribution is -2.28. The molecule has 1 amide bonds. The van der Waals surface area contributed by atoms with Gasteiger partial charge in [-0.2, -0.15) is 0 Å². The van der Waals surface area contributed by atoms with E-state index < -0.39 is 12.0 Å². The van der Waals surface area contributed by atoms with Gasteiger partial charge in [0.15, 0.2) is 11.9 Å². The first-order valence-corrected chi connectivity index (χ1v) is 7.61. The normalized spacial score (nSPS) is 12.4. The smallest absolute Gasteiger partial charge is 0.253 e. The van der Waals surface area contributed by atoms with Gasteiger partial charge < -0.3 is 14.9 Å². The number of aliphatic hydroxyl groups is 1. The Morgan fingerprint density at radius 3 is 2.59 bits per heavy atom. The zero-order valence-corrected chi connectivity index (χ0v) is 13.0. The van der Waals surface area contributed by atoms with Gasteiger partial charge in [-0.05, 0) is 18.4 Å². The van der Waals surface area contributed by atoms with Gasteiger partial charge in [0, 0.05) is 12.0 Å². The fourth-order valence-electron chi connectivity index (χ4n) is 2.37. The molecule has 0 saturated heterocycles. The molecule has 2 N–H and O–H groups in total. The van der Waals surface area contributed by atoms with Crippen molar-refractivity contribution in [3.63, 3.8) is 0 Å². The van der Waals surface area contributed by atoms with Crippen molar-refractivity contribution in [2.45, 2.75) is 45.3 Å². The fourth-order valence-corrected chi connectivity index (χ4v) is 2.37. The minimum atomic E-state index is -1.18. The summed E-state index contributed by atoms with van der Waals surface area (Å²) < 4.78 is 5.24. The highest BCUT2D eigenvalue weighted by molar-refractivity contribution is 5.81. The highest BCUT2D eigenvalue weighted by atomic mass is 16.5. The Balaban J connectivity index is 1.91. The summed E-state index contributed by atoms with van der Waals surface area (Å²) in [6, 6.07) is 10.7. The topological polar surface area (TPSA) is 75.4 Å². The van der Waals surface area contributed by atoms with Crippen molar-refractivity contribution >= 4 is 5.91 Å². The molecule has 0 aliphatic carbocycles. The van der Waals surface area contributed by atoms with Gasteiger partial charge in [-0.3, -0.25) is 4.79 Å². The first kappa shape index (κ1) is 16.2. The number of nitrogens with zero attached hydrogens (tertiary/aromatic N) is 1. The van der Waals surface area contributed by atoms with E-state index in [1.165, 1.54) is 0 Å². The molecule has 1 atom stereocenters. The highest BCUT2D eigenvalue weighted by Gasteiger charge is 2.18. The zero-order chi connectivity index (χ0) is 15.9. The fraction of sp³-hybridized carbons (Fsp3) is 0.412. The molecule has 2 aromatic rings. The van der Waals surface area contributed by atoms with E-state index in [1.807, 2.05) is 12.1 Å². The van der Waals surface area contributed by atoms with Gasteiger partial charge in [0.25, 0.3) is 5.91 Å². The molecule has 0 aliphatic rings. The molecule has 118 valence electrons. The number of hydrogen-bond acceptors (Lipinski definition) is 4. The summed E-state index contributed by atoms with van der Waals surface area (Å²) in [5.41, 5.74) is 1.48. The van der Waals surface area contributed by atoms with Crippen LogP contribution in [0.25, 0.3) is 0 Å². The number of amides is 1. The quantitative estimate of drug-likeness (QED) is 0.824. The van der Waals surface area contributed by atoms with E-state index in [4.69, 9.17) is 4.52 Å². The number of carbonyl (C=O) groups is 1. The molecule has 1 heterocycles. The monoisotopic (exact) mass is 302 g/mol. The zero-order valence-electron chi connectivity index (χ0n) is 13.0. The maximum atomic E-state index is 11.9. The average molecular weight is 302 g/mol. The second-order valence-electron chi connectivity index (χ2n) is 5.26. The number of hydrogen-bond donors (Lipinski definition) is 2. The number of aromatic nitrogens is 1. The van der Waals surface area contributed by atoms with Crippen LogP contribution in [0.5, 0.6) is 0 Å². The summed E-state index contributed by atoms with van der Waals surface area (Å²) in [5.74, 6) is 0.519. The number of nitrogens with one attached hydrogen (secondary N) is 1. The SMILES string of the molecule is CCC(CC)c1cc(CNC(=O)C(O)c2ccccc2)on1. The van der Waals surface area contributed by atoms with Crippen molar-refractivity contribution in [2.24, 2.45) is 0 Å². The third-order valence-electron chi connectivity index (χ3n) is 3.78. The minimum absolute atomic E-state index is 0.218. The van der Waals surface area contributed by atoms with Crippen molar-refractivity contribution in [3.05, 3.63) is 53.4 Å². The lowest BCUT2D eigenvalue weighted by Gasteiger charge is -2.10. The second kappa shape index (κ2) is 7.75. The lowest BCUT2D eigenvalue weighted by molar-refractivity contribution is -0.129. The Labute approximate surface area is 130 Å². The van der Waals surface area contributed by atoms with Crippen LogP contribution < -0.4 is 5.32 Å². The first-order chi connectivity index (χ1) is 10.7. The van der Waals surface area contributed by atoms with Crippen LogP contribution in [0.3, 0.4) is 0 Å². The van der Waals surface area contributed by atoms with Crippen LogP contribution in [0.1, 0.15) is 55.7 Å². The van der Waals surface area contributed by atoms with E-state index in [0.717, 1.165) is 18.5 Å². The summed E-state index contributed by atoms with van der Waals surface area (Å²) in [7, 11) is 0. The molecule has 0 radical (unpaired) electrons. The van der Waals surface area contributed by atoms with E-state index in [1.54, 1.807) is 24.3 Å². The molecule has 0 spiro atoms. The van der Waals surface area contributed by atoms with Crippen molar-refractivity contribution < 1.29 is 14.4 Å². The molecule has 22 heavy (non-hydrogen) atoms. The molecule has 5 heteroatoms. The molecule has 1 aromatic carbocycles. The largest absolute Gasteiger partial charge is 0.378 e. The molecular weight excluding hydrogens is 280 g/mol. The molecule has 0 bridgehead atoms. The van der Waals surface area contributed by atoms with Crippen molar-refractivity contribution in [1.29, 1.82) is 0 Å². The predicted molar refractivity (Wildman–Crippen MR) is 83.1 cm³/mol. The predicted octanol–water partition coefficient (Wildman–Crippen LogP) is 2.93. The van der Waals surface area contributed by atoms with Crippen LogP contribution >= 0.6 is 0 Å². The minimum Gasteiger partial charge on any atom is -0.378 e. The van der Waals surface area contributed by atoms with E-state index in [9.17, 15) is 9.90 Å². The van der Waals surface area contributed by atoms with Gasteiger partial charge in [0.05, 0.1) is 12.2 Å². The summed E-state index contributed by atoms with van der Waals surface area (Å²) in [6.45, 7) is 4.44. The van der Waals surface area contributed by atoms with Crippen LogP contribution in [-0.2, 0) is 11.3 Å². The Morgan fingerprint density at radius 2 is 1.95 bits per heavy atom. The van der Waals surface area contributed by atoms with Crippen LogP contribution in [0.15, 0.2) is 40.9 Å². The van der Waals surface area contributed by atoms with Gasteiger partial charge in [0.2, 0.25) is 0 Å². The molecule has 2 rings (SSSR count). The summed E-state index contributed by atoms with van der Waals surface area (Å²) >= 11 is 0. The molecule has 0 aliphatic heterocycles. The van der Waals surface area contributed by atoms with E-state index in [0.29, 0.717) is 17.2 Å². The maximum Gasteiger partial charge on any atom is 0.253 e. The summed E-state index contributed by atoms with van der Waals surface area (Å²) in [4.78, 5) is 11.9. The third kappa shape index (κ3) is 3.95. The Bertz CT molecular complexity index is 591. The number of benzene rings is 1. The van der Waals surface area contributed by atoms with Crippen LogP contribution in [0.4, 0.5) is 0 Å². The van der Waals surface area contributed by atoms with Gasteiger partial charge in [-0.15, -0.1) is 0 Å². The Kier molecular flexibility index (Phi) is 5.72. The van der Waals surface area contributed by atoms with Gasteiger partial charge >= 0.3 is 0 Å². The molecule has 1 aromatic heterocycles. The Morgan fingerprint density at radius 1 is 1.27 bits per heavy atom. The lowest BCUT2D eigenvalue weighted by atomic mass is 9.99. The number of rotatable bonds is 7. The average Bonchev–Trinajstić information content (AvgIpc) is 3.02. The number of carbonyl (C=O) groups excluding carboxylic acids is 1. The van der Waals surface area contributed by atoms with E-state index in [-0.39, 0.29) is 6.54 Å². The number of aliphatic hydroxyl groups excluding tert-OH is 1. The summed E-state index contributed by atoms with van der Waals surface area (Å²) in [5, 5.41) is 16.7. The standard InChI is InChI=1S/C17H22N2O3/c1-3-12(4-2)15-10-14(22-19-15)11-18-17(21)16(20)13-8-6-5-7-9-13/h5-10,12,16,20H,3-4,11H2,1-2H3,(H,18,21). The van der Waals surface area contributed by atoms with Gasteiger partial charge in [0.1, 0.15) is 0 Å². The van der Waals surface area contributed by atoms with E-state index >= 15 is 0 Å². The van der Waals surface area contributed by atoms with Crippen LogP contribution in [0, 0.1) is 0 Å². The van der Waals surface area contributed by atoms with Crippen LogP contribution in [-0.4, -0.2) is 16.2 Å². The molecule has 0 fully saturated rings. The van der Waals surface area contributed by atoms with Crippen LogP contribution in [0.2, 0.25) is 0 Å². The third-order valence-corrected chi connectivity index (χ3v) is 3.78. The highest BCUT2D eigenvalue weighted by Crippen LogP contribution is 2.22. The molecular formula is C17H22N2O3.